The summed E-state index contributed by atoms with van der Waals surface area (Å²) in [5.74, 6) is 1.41. The van der Waals surface area contributed by atoms with Crippen LogP contribution in [0.25, 0.3) is 0 Å². The van der Waals surface area contributed by atoms with E-state index in [4.69, 9.17) is 14.2 Å². The lowest BCUT2D eigenvalue weighted by atomic mass is 9.72. The molecular formula is C23H27ClN2O4. The Morgan fingerprint density at radius 3 is 2.73 bits per heavy atom. The molecule has 2 aliphatic heterocycles. The van der Waals surface area contributed by atoms with Crippen molar-refractivity contribution in [1.82, 2.24) is 10.6 Å². The van der Waals surface area contributed by atoms with Gasteiger partial charge < -0.3 is 24.8 Å². The van der Waals surface area contributed by atoms with Crippen molar-refractivity contribution in [3.63, 3.8) is 0 Å². The maximum absolute atomic E-state index is 13.0. The first-order valence-corrected chi connectivity index (χ1v) is 10.2. The van der Waals surface area contributed by atoms with E-state index in [2.05, 4.69) is 28.8 Å². The number of amides is 1. The van der Waals surface area contributed by atoms with Crippen molar-refractivity contribution in [2.24, 2.45) is 0 Å². The van der Waals surface area contributed by atoms with Gasteiger partial charge in [0.15, 0.2) is 11.5 Å². The van der Waals surface area contributed by atoms with E-state index >= 15 is 0 Å². The number of ether oxygens (including phenoxy) is 3. The van der Waals surface area contributed by atoms with Gasteiger partial charge in [-0.25, -0.2) is 0 Å². The molecule has 1 saturated heterocycles. The van der Waals surface area contributed by atoms with Gasteiger partial charge in [-0.2, -0.15) is 0 Å². The van der Waals surface area contributed by atoms with Gasteiger partial charge in [-0.1, -0.05) is 30.3 Å². The van der Waals surface area contributed by atoms with Crippen molar-refractivity contribution >= 4 is 18.3 Å². The molecule has 0 radical (unpaired) electrons. The molecule has 30 heavy (non-hydrogen) atoms. The van der Waals surface area contributed by atoms with E-state index < -0.39 is 0 Å². The fourth-order valence-corrected chi connectivity index (χ4v) is 5.26. The number of nitrogens with one attached hydrogen (secondary N) is 2. The molecule has 5 rings (SSSR count). The summed E-state index contributed by atoms with van der Waals surface area (Å²) < 4.78 is 16.8. The van der Waals surface area contributed by atoms with E-state index in [0.29, 0.717) is 12.2 Å². The number of piperidine rings is 1. The summed E-state index contributed by atoms with van der Waals surface area (Å²) in [6.07, 6.45) is 2.25. The molecule has 0 aromatic heterocycles. The standard InChI is InChI=1S/C23H26N2O4.ClH/c1-27-22-21(16-4-2-3-5-17(16)23(22)8-10-24-11-9-23)25-20(26)13-15-6-7-18-19(12-15)29-14-28-18;/h2-7,12,21-22,24H,8-11,13-14H2,1H3,(H,25,26);1H/t21-,22+;/m1./s1. The number of hydrogen-bond donors (Lipinski definition) is 2. The average molecular weight is 431 g/mol. The number of fused-ring (bicyclic) bond motifs is 3. The third-order valence-corrected chi connectivity index (χ3v) is 6.55. The first-order valence-electron chi connectivity index (χ1n) is 10.2. The Labute approximate surface area is 182 Å². The van der Waals surface area contributed by atoms with Gasteiger partial charge in [0.1, 0.15) is 0 Å². The van der Waals surface area contributed by atoms with Crippen molar-refractivity contribution in [2.75, 3.05) is 27.0 Å². The van der Waals surface area contributed by atoms with Crippen LogP contribution in [-0.4, -0.2) is 39.0 Å². The molecule has 1 aliphatic carbocycles. The lowest BCUT2D eigenvalue weighted by Gasteiger charge is -2.40. The highest BCUT2D eigenvalue weighted by molar-refractivity contribution is 5.85. The molecule has 0 saturated carbocycles. The van der Waals surface area contributed by atoms with Gasteiger partial charge in [-0.3, -0.25) is 4.79 Å². The topological polar surface area (TPSA) is 68.8 Å². The highest BCUT2D eigenvalue weighted by Crippen LogP contribution is 2.51. The van der Waals surface area contributed by atoms with E-state index in [1.165, 1.54) is 11.1 Å². The summed E-state index contributed by atoms with van der Waals surface area (Å²) in [7, 11) is 1.76. The number of halogens is 1. The highest BCUT2D eigenvalue weighted by atomic mass is 35.5. The first kappa shape index (κ1) is 21.0. The lowest BCUT2D eigenvalue weighted by Crippen LogP contribution is -2.49. The second-order valence-electron chi connectivity index (χ2n) is 8.06. The van der Waals surface area contributed by atoms with Crippen LogP contribution in [0.3, 0.4) is 0 Å². The predicted octanol–water partition coefficient (Wildman–Crippen LogP) is 2.89. The first-order chi connectivity index (χ1) is 14.2. The summed E-state index contributed by atoms with van der Waals surface area (Å²) in [5.41, 5.74) is 3.36. The van der Waals surface area contributed by atoms with Gasteiger partial charge in [0.05, 0.1) is 18.6 Å². The highest BCUT2D eigenvalue weighted by Gasteiger charge is 2.53. The summed E-state index contributed by atoms with van der Waals surface area (Å²) in [6, 6.07) is 14.0. The van der Waals surface area contributed by atoms with Gasteiger partial charge in [0, 0.05) is 12.5 Å². The number of carbonyl (C=O) groups is 1. The third kappa shape index (κ3) is 3.43. The van der Waals surface area contributed by atoms with Crippen molar-refractivity contribution in [2.45, 2.75) is 36.8 Å². The van der Waals surface area contributed by atoms with E-state index in [1.807, 2.05) is 24.3 Å². The smallest absolute Gasteiger partial charge is 0.231 e. The fourth-order valence-electron chi connectivity index (χ4n) is 5.26. The fraction of sp³-hybridized carbons (Fsp3) is 0.435. The minimum atomic E-state index is -0.143. The molecular weight excluding hydrogens is 404 g/mol. The van der Waals surface area contributed by atoms with Gasteiger partial charge in [-0.15, -0.1) is 12.4 Å². The quantitative estimate of drug-likeness (QED) is 0.780. The van der Waals surface area contributed by atoms with Crippen LogP contribution in [0, 0.1) is 0 Å². The second kappa shape index (κ2) is 8.46. The molecule has 1 spiro atoms. The molecule has 2 aromatic rings. The summed E-state index contributed by atoms with van der Waals surface area (Å²) >= 11 is 0. The molecule has 7 heteroatoms. The monoisotopic (exact) mass is 430 g/mol. The minimum Gasteiger partial charge on any atom is -0.454 e. The van der Waals surface area contributed by atoms with Gasteiger partial charge >= 0.3 is 0 Å². The maximum atomic E-state index is 13.0. The molecule has 1 amide bonds. The normalized spacial score (nSPS) is 23.0. The Morgan fingerprint density at radius 1 is 1.17 bits per heavy atom. The minimum absolute atomic E-state index is 0. The summed E-state index contributed by atoms with van der Waals surface area (Å²) in [6.45, 7) is 2.16. The van der Waals surface area contributed by atoms with Crippen LogP contribution >= 0.6 is 12.4 Å². The average Bonchev–Trinajstić information content (AvgIpc) is 3.30. The zero-order valence-electron chi connectivity index (χ0n) is 17.0. The Balaban J connectivity index is 0.00000218. The van der Waals surface area contributed by atoms with Crippen molar-refractivity contribution in [3.05, 3.63) is 59.2 Å². The van der Waals surface area contributed by atoms with E-state index in [9.17, 15) is 4.79 Å². The van der Waals surface area contributed by atoms with Gasteiger partial charge in [0.2, 0.25) is 12.7 Å². The summed E-state index contributed by atoms with van der Waals surface area (Å²) in [4.78, 5) is 13.0. The maximum Gasteiger partial charge on any atom is 0.231 e. The van der Waals surface area contributed by atoms with E-state index in [-0.39, 0.29) is 42.7 Å². The molecule has 0 bridgehead atoms. The Kier molecular flexibility index (Phi) is 5.91. The molecule has 2 atom stereocenters. The molecule has 160 valence electrons. The molecule has 2 N–H and O–H groups in total. The number of carbonyl (C=O) groups excluding carboxylic acids is 1. The number of rotatable bonds is 4. The third-order valence-electron chi connectivity index (χ3n) is 6.55. The predicted molar refractivity (Wildman–Crippen MR) is 115 cm³/mol. The molecule has 0 unspecified atom stereocenters. The zero-order chi connectivity index (χ0) is 19.8. The van der Waals surface area contributed by atoms with Crippen LogP contribution in [0.4, 0.5) is 0 Å². The SMILES string of the molecule is CO[C@H]1[C@H](NC(=O)Cc2ccc3c(c2)OCO3)c2ccccc2C12CCNCC2.Cl. The van der Waals surface area contributed by atoms with Crippen LogP contribution < -0.4 is 20.1 Å². The van der Waals surface area contributed by atoms with Crippen LogP contribution in [0.1, 0.15) is 35.6 Å². The van der Waals surface area contributed by atoms with Crippen molar-refractivity contribution in [3.8, 4) is 11.5 Å². The number of hydrogen-bond acceptors (Lipinski definition) is 5. The second-order valence-corrected chi connectivity index (χ2v) is 8.06. The molecule has 3 aliphatic rings. The number of methoxy groups -OCH3 is 1. The van der Waals surface area contributed by atoms with E-state index in [1.54, 1.807) is 7.11 Å². The van der Waals surface area contributed by atoms with Crippen LogP contribution in [0.5, 0.6) is 11.5 Å². The zero-order valence-corrected chi connectivity index (χ0v) is 17.8. The number of benzene rings is 2. The molecule has 2 heterocycles. The largest absolute Gasteiger partial charge is 0.454 e. The summed E-state index contributed by atoms with van der Waals surface area (Å²) in [5, 5.41) is 6.72. The van der Waals surface area contributed by atoms with Crippen LogP contribution in [-0.2, 0) is 21.4 Å². The van der Waals surface area contributed by atoms with Gasteiger partial charge in [-0.05, 0) is 54.8 Å². The lowest BCUT2D eigenvalue weighted by molar-refractivity contribution is -0.122. The Bertz CT molecular complexity index is 929. The Morgan fingerprint density at radius 2 is 1.93 bits per heavy atom. The molecule has 1 fully saturated rings. The van der Waals surface area contributed by atoms with Crippen LogP contribution in [0.2, 0.25) is 0 Å². The van der Waals surface area contributed by atoms with Crippen molar-refractivity contribution < 1.29 is 19.0 Å². The van der Waals surface area contributed by atoms with Gasteiger partial charge in [0.25, 0.3) is 0 Å². The molecule has 2 aromatic carbocycles. The van der Waals surface area contributed by atoms with Crippen molar-refractivity contribution in [1.29, 1.82) is 0 Å². The van der Waals surface area contributed by atoms with E-state index in [0.717, 1.165) is 37.2 Å². The van der Waals surface area contributed by atoms with Crippen LogP contribution in [0.15, 0.2) is 42.5 Å². The Hall–Kier alpha value is -2.28. The molecule has 6 nitrogen and oxygen atoms in total.